The molecule has 0 fully saturated rings. The van der Waals surface area contributed by atoms with Crippen molar-refractivity contribution in [2.45, 2.75) is 31.6 Å². The van der Waals surface area contributed by atoms with Gasteiger partial charge in [-0.05, 0) is 60.9 Å². The van der Waals surface area contributed by atoms with Gasteiger partial charge in [0.25, 0.3) is 5.78 Å². The zero-order chi connectivity index (χ0) is 18.5. The van der Waals surface area contributed by atoms with Crippen LogP contribution in [0.3, 0.4) is 0 Å². The predicted octanol–water partition coefficient (Wildman–Crippen LogP) is 4.14. The van der Waals surface area contributed by atoms with E-state index in [0.717, 1.165) is 30.6 Å². The number of para-hydroxylation sites is 1. The molecule has 2 aromatic rings. The van der Waals surface area contributed by atoms with E-state index in [1.807, 2.05) is 24.3 Å². The van der Waals surface area contributed by atoms with Crippen LogP contribution in [0.15, 0.2) is 52.5 Å². The smallest absolute Gasteiger partial charge is 0.260 e. The number of allylic oxidation sites excluding steroid dienone is 2. The molecule has 0 radical (unpaired) electrons. The molecule has 0 saturated heterocycles. The van der Waals surface area contributed by atoms with Crippen LogP contribution in [0.5, 0.6) is 5.75 Å². The maximum absolute atomic E-state index is 12.7. The standard InChI is InChI=1S/C21H20O5/c1-25-18-8-3-2-7-16(18)14-5-4-6-15(10-9-14)21(24)20-12-11-19(26-20)17(23)13-22/h2-3,6-8,11-14H,4-5,9-10H2,1H3. The molecule has 1 aromatic heterocycles. The number of ether oxygens (including phenoxy) is 1. The van der Waals surface area contributed by atoms with Gasteiger partial charge in [0.05, 0.1) is 7.11 Å². The van der Waals surface area contributed by atoms with E-state index in [-0.39, 0.29) is 23.6 Å². The third-order valence-corrected chi connectivity index (χ3v) is 4.72. The lowest BCUT2D eigenvalue weighted by Gasteiger charge is -2.17. The molecule has 5 nitrogen and oxygen atoms in total. The Morgan fingerprint density at radius 2 is 1.88 bits per heavy atom. The Hall–Kier alpha value is -2.95. The van der Waals surface area contributed by atoms with Crippen molar-refractivity contribution in [1.82, 2.24) is 0 Å². The lowest BCUT2D eigenvalue weighted by atomic mass is 9.90. The summed E-state index contributed by atoms with van der Waals surface area (Å²) in [6, 6.07) is 10.8. The minimum atomic E-state index is -0.768. The monoisotopic (exact) mass is 352 g/mol. The first-order valence-electron chi connectivity index (χ1n) is 8.60. The van der Waals surface area contributed by atoms with E-state index in [9.17, 15) is 14.4 Å². The van der Waals surface area contributed by atoms with Crippen LogP contribution >= 0.6 is 0 Å². The molecule has 0 saturated carbocycles. The molecule has 3 rings (SSSR count). The highest BCUT2D eigenvalue weighted by Gasteiger charge is 2.23. The molecule has 0 bridgehead atoms. The molecule has 1 atom stereocenters. The molecule has 0 aliphatic heterocycles. The number of aldehydes is 1. The van der Waals surface area contributed by atoms with Gasteiger partial charge in [-0.25, -0.2) is 0 Å². The van der Waals surface area contributed by atoms with E-state index < -0.39 is 5.78 Å². The topological polar surface area (TPSA) is 73.6 Å². The molecule has 1 aromatic carbocycles. The SMILES string of the molecule is COc1ccccc1C1CCC=C(C(=O)c2ccc(C(=O)C=O)o2)CC1. The lowest BCUT2D eigenvalue weighted by Crippen LogP contribution is -2.04. The largest absolute Gasteiger partial charge is 0.496 e. The van der Waals surface area contributed by atoms with Crippen molar-refractivity contribution >= 4 is 17.9 Å². The normalized spacial score (nSPS) is 17.1. The molecule has 1 heterocycles. The number of carbonyl (C=O) groups excluding carboxylic acids is 3. The first-order valence-corrected chi connectivity index (χ1v) is 8.60. The summed E-state index contributed by atoms with van der Waals surface area (Å²) >= 11 is 0. The maximum Gasteiger partial charge on any atom is 0.260 e. The van der Waals surface area contributed by atoms with Gasteiger partial charge in [-0.15, -0.1) is 0 Å². The van der Waals surface area contributed by atoms with Gasteiger partial charge < -0.3 is 9.15 Å². The Labute approximate surface area is 151 Å². The van der Waals surface area contributed by atoms with Gasteiger partial charge >= 0.3 is 0 Å². The van der Waals surface area contributed by atoms with Gasteiger partial charge in [0, 0.05) is 0 Å². The molecule has 1 aliphatic rings. The molecule has 0 spiro atoms. The fourth-order valence-electron chi connectivity index (χ4n) is 3.36. The number of furan rings is 1. The number of hydrogen-bond donors (Lipinski definition) is 0. The summed E-state index contributed by atoms with van der Waals surface area (Å²) in [7, 11) is 1.66. The van der Waals surface area contributed by atoms with Gasteiger partial charge in [0.15, 0.2) is 17.8 Å². The number of methoxy groups -OCH3 is 1. The van der Waals surface area contributed by atoms with Gasteiger partial charge in [-0.1, -0.05) is 24.3 Å². The highest BCUT2D eigenvalue weighted by atomic mass is 16.5. The molecule has 1 aliphatic carbocycles. The van der Waals surface area contributed by atoms with Gasteiger partial charge in [-0.3, -0.25) is 14.4 Å². The molecular formula is C21H20O5. The molecular weight excluding hydrogens is 332 g/mol. The highest BCUT2D eigenvalue weighted by Crippen LogP contribution is 2.36. The average Bonchev–Trinajstić information content (AvgIpc) is 3.05. The Kier molecular flexibility index (Phi) is 5.46. The second-order valence-electron chi connectivity index (χ2n) is 6.26. The van der Waals surface area contributed by atoms with E-state index in [1.54, 1.807) is 7.11 Å². The Bertz CT molecular complexity index is 859. The number of hydrogen-bond acceptors (Lipinski definition) is 5. The molecule has 134 valence electrons. The van der Waals surface area contributed by atoms with E-state index in [4.69, 9.17) is 9.15 Å². The fraction of sp³-hybridized carbons (Fsp3) is 0.286. The second-order valence-corrected chi connectivity index (χ2v) is 6.26. The maximum atomic E-state index is 12.7. The zero-order valence-corrected chi connectivity index (χ0v) is 14.6. The summed E-state index contributed by atoms with van der Waals surface area (Å²) < 4.78 is 10.7. The van der Waals surface area contributed by atoms with Crippen molar-refractivity contribution in [2.75, 3.05) is 7.11 Å². The highest BCUT2D eigenvalue weighted by molar-refractivity contribution is 6.32. The summed E-state index contributed by atoms with van der Waals surface area (Å²) in [4.78, 5) is 34.5. The van der Waals surface area contributed by atoms with Crippen molar-refractivity contribution in [3.8, 4) is 5.75 Å². The molecule has 26 heavy (non-hydrogen) atoms. The predicted molar refractivity (Wildman–Crippen MR) is 95.7 cm³/mol. The van der Waals surface area contributed by atoms with E-state index in [2.05, 4.69) is 6.07 Å². The number of rotatable bonds is 6. The van der Waals surface area contributed by atoms with Crippen molar-refractivity contribution in [1.29, 1.82) is 0 Å². The minimum absolute atomic E-state index is 0.0946. The first kappa shape index (κ1) is 17.9. The number of carbonyl (C=O) groups is 3. The van der Waals surface area contributed by atoms with Crippen molar-refractivity contribution in [3.63, 3.8) is 0 Å². The minimum Gasteiger partial charge on any atom is -0.496 e. The van der Waals surface area contributed by atoms with Crippen molar-refractivity contribution in [3.05, 3.63) is 65.1 Å². The van der Waals surface area contributed by atoms with Gasteiger partial charge in [0.1, 0.15) is 5.75 Å². The van der Waals surface area contributed by atoms with E-state index >= 15 is 0 Å². The summed E-state index contributed by atoms with van der Waals surface area (Å²) in [6.45, 7) is 0. The van der Waals surface area contributed by atoms with Crippen LogP contribution in [0.25, 0.3) is 0 Å². The van der Waals surface area contributed by atoms with Gasteiger partial charge in [0.2, 0.25) is 5.78 Å². The van der Waals surface area contributed by atoms with Crippen LogP contribution in [0.1, 0.15) is 58.3 Å². The van der Waals surface area contributed by atoms with Gasteiger partial charge in [-0.2, -0.15) is 0 Å². The van der Waals surface area contributed by atoms with Crippen molar-refractivity contribution < 1.29 is 23.5 Å². The Balaban J connectivity index is 1.72. The Morgan fingerprint density at radius 3 is 2.65 bits per heavy atom. The van der Waals surface area contributed by atoms with Crippen molar-refractivity contribution in [2.24, 2.45) is 0 Å². The van der Waals surface area contributed by atoms with E-state index in [0.29, 0.717) is 17.9 Å². The molecule has 0 N–H and O–H groups in total. The number of benzene rings is 1. The van der Waals surface area contributed by atoms with Crippen LogP contribution in [0.4, 0.5) is 0 Å². The molecule has 1 unspecified atom stereocenters. The zero-order valence-electron chi connectivity index (χ0n) is 14.6. The van der Waals surface area contributed by atoms with Crippen LogP contribution in [-0.2, 0) is 4.79 Å². The summed E-state index contributed by atoms with van der Waals surface area (Å²) in [5.74, 6) is 0.180. The molecule has 0 amide bonds. The second kappa shape index (κ2) is 7.95. The van der Waals surface area contributed by atoms with Crippen LogP contribution in [0.2, 0.25) is 0 Å². The van der Waals surface area contributed by atoms with Crippen LogP contribution < -0.4 is 4.74 Å². The number of Topliss-reactive ketones (excluding diaryl/α,β-unsaturated/α-hetero) is 2. The number of ketones is 2. The van der Waals surface area contributed by atoms with Crippen LogP contribution in [-0.4, -0.2) is 25.0 Å². The lowest BCUT2D eigenvalue weighted by molar-refractivity contribution is -0.104. The first-order chi connectivity index (χ1) is 12.6. The third-order valence-electron chi connectivity index (χ3n) is 4.72. The summed E-state index contributed by atoms with van der Waals surface area (Å²) in [5.41, 5.74) is 1.84. The molecule has 5 heteroatoms. The average molecular weight is 352 g/mol. The van der Waals surface area contributed by atoms with E-state index in [1.165, 1.54) is 12.1 Å². The Morgan fingerprint density at radius 1 is 1.12 bits per heavy atom. The van der Waals surface area contributed by atoms with Crippen LogP contribution in [0, 0.1) is 0 Å². The quantitative estimate of drug-likeness (QED) is 0.444. The fourth-order valence-corrected chi connectivity index (χ4v) is 3.36. The summed E-state index contributed by atoms with van der Waals surface area (Å²) in [6.07, 6.45) is 5.30. The third kappa shape index (κ3) is 3.67. The summed E-state index contributed by atoms with van der Waals surface area (Å²) in [5, 5.41) is 0.